The van der Waals surface area contributed by atoms with Gasteiger partial charge in [0.25, 0.3) is 0 Å². The highest BCUT2D eigenvalue weighted by molar-refractivity contribution is 4.82. The summed E-state index contributed by atoms with van der Waals surface area (Å²) in [5.41, 5.74) is 0. The Kier molecular flexibility index (Phi) is 4.97. The van der Waals surface area contributed by atoms with Crippen LogP contribution in [0.3, 0.4) is 0 Å². The minimum absolute atomic E-state index is 0.0229. The molecule has 0 aliphatic carbocycles. The van der Waals surface area contributed by atoms with Crippen molar-refractivity contribution in [3.8, 4) is 0 Å². The molecule has 0 spiro atoms. The lowest BCUT2D eigenvalue weighted by atomic mass is 10.0. The molecule has 0 saturated heterocycles. The number of rotatable bonds is 6. The molecular formula is C9H20O5. The Morgan fingerprint density at radius 3 is 1.86 bits per heavy atom. The second kappa shape index (κ2) is 5.04. The number of aliphatic hydroxyl groups excluding tert-OH is 1. The average Bonchev–Trinajstić information content (AvgIpc) is 2.17. The van der Waals surface area contributed by atoms with Crippen LogP contribution in [0, 0.1) is 0 Å². The molecule has 5 heteroatoms. The van der Waals surface area contributed by atoms with Gasteiger partial charge in [-0.1, -0.05) is 20.8 Å². The summed E-state index contributed by atoms with van der Waals surface area (Å²) >= 11 is 0. The maximum atomic E-state index is 9.77. The van der Waals surface area contributed by atoms with E-state index in [9.17, 15) is 20.4 Å². The lowest BCUT2D eigenvalue weighted by molar-refractivity contribution is -0.402. The molecule has 86 valence electrons. The lowest BCUT2D eigenvalue weighted by Crippen LogP contribution is -2.56. The smallest absolute Gasteiger partial charge is 0.222 e. The average molecular weight is 208 g/mol. The van der Waals surface area contributed by atoms with Crippen molar-refractivity contribution < 1.29 is 25.2 Å². The van der Waals surface area contributed by atoms with E-state index >= 15 is 0 Å². The summed E-state index contributed by atoms with van der Waals surface area (Å²) < 4.78 is 4.80. The van der Waals surface area contributed by atoms with Gasteiger partial charge >= 0.3 is 0 Å². The minimum Gasteiger partial charge on any atom is -0.368 e. The van der Waals surface area contributed by atoms with Crippen molar-refractivity contribution in [2.75, 3.05) is 0 Å². The van der Waals surface area contributed by atoms with Gasteiger partial charge in [-0.25, -0.2) is 0 Å². The van der Waals surface area contributed by atoms with Crippen LogP contribution >= 0.6 is 0 Å². The maximum absolute atomic E-state index is 9.77. The van der Waals surface area contributed by atoms with Gasteiger partial charge in [-0.15, -0.1) is 0 Å². The van der Waals surface area contributed by atoms with E-state index in [2.05, 4.69) is 0 Å². The highest BCUT2D eigenvalue weighted by Crippen LogP contribution is 2.29. The van der Waals surface area contributed by atoms with E-state index in [0.717, 1.165) is 0 Å². The van der Waals surface area contributed by atoms with Crippen LogP contribution in [0.1, 0.15) is 40.0 Å². The van der Waals surface area contributed by atoms with Crippen molar-refractivity contribution in [3.63, 3.8) is 0 Å². The van der Waals surface area contributed by atoms with E-state index < -0.39 is 17.9 Å². The Balaban J connectivity index is 4.62. The fourth-order valence-electron chi connectivity index (χ4n) is 1.05. The summed E-state index contributed by atoms with van der Waals surface area (Å²) in [5, 5.41) is 37.9. The summed E-state index contributed by atoms with van der Waals surface area (Å²) in [5.74, 6) is -4.48. The molecule has 2 atom stereocenters. The quantitative estimate of drug-likeness (QED) is 0.458. The predicted octanol–water partition coefficient (Wildman–Crippen LogP) is -0.0791. The van der Waals surface area contributed by atoms with Crippen LogP contribution in [-0.4, -0.2) is 38.3 Å². The van der Waals surface area contributed by atoms with E-state index in [1.54, 1.807) is 13.8 Å². The van der Waals surface area contributed by atoms with Gasteiger partial charge in [0.1, 0.15) is 0 Å². The van der Waals surface area contributed by atoms with Crippen LogP contribution in [0.25, 0.3) is 0 Å². The largest absolute Gasteiger partial charge is 0.368 e. The van der Waals surface area contributed by atoms with Gasteiger partial charge in [0, 0.05) is 12.8 Å². The molecule has 0 heterocycles. The number of hydrogen-bond donors (Lipinski definition) is 4. The molecule has 0 amide bonds. The fourth-order valence-corrected chi connectivity index (χ4v) is 1.05. The van der Waals surface area contributed by atoms with Crippen molar-refractivity contribution in [2.24, 2.45) is 0 Å². The molecule has 0 radical (unpaired) electrons. The Bertz CT molecular complexity index is 171. The molecule has 0 aromatic carbocycles. The van der Waals surface area contributed by atoms with Crippen molar-refractivity contribution in [2.45, 2.75) is 57.9 Å². The van der Waals surface area contributed by atoms with Crippen molar-refractivity contribution in [3.05, 3.63) is 0 Å². The topological polar surface area (TPSA) is 90.2 Å². The highest BCUT2D eigenvalue weighted by Gasteiger charge is 2.48. The van der Waals surface area contributed by atoms with Crippen LogP contribution in [0.4, 0.5) is 0 Å². The van der Waals surface area contributed by atoms with Crippen LogP contribution in [0.5, 0.6) is 0 Å². The van der Waals surface area contributed by atoms with Crippen LogP contribution in [0.15, 0.2) is 0 Å². The molecular weight excluding hydrogens is 188 g/mol. The van der Waals surface area contributed by atoms with Crippen LogP contribution < -0.4 is 0 Å². The van der Waals surface area contributed by atoms with E-state index in [-0.39, 0.29) is 19.3 Å². The summed E-state index contributed by atoms with van der Waals surface area (Å²) in [6.45, 7) is 4.70. The van der Waals surface area contributed by atoms with E-state index in [1.807, 2.05) is 0 Å². The third kappa shape index (κ3) is 2.90. The molecule has 0 aromatic rings. The molecule has 0 rings (SSSR count). The first-order valence-electron chi connectivity index (χ1n) is 4.86. The van der Waals surface area contributed by atoms with Crippen molar-refractivity contribution in [1.29, 1.82) is 0 Å². The van der Waals surface area contributed by atoms with Gasteiger partial charge in [0.05, 0.1) is 0 Å². The Hall–Kier alpha value is -0.200. The molecule has 0 aliphatic rings. The van der Waals surface area contributed by atoms with Gasteiger partial charge in [-0.2, -0.15) is 0 Å². The minimum atomic E-state index is -2.35. The van der Waals surface area contributed by atoms with E-state index in [4.69, 9.17) is 4.74 Å². The normalized spacial score (nSPS) is 19.1. The van der Waals surface area contributed by atoms with Gasteiger partial charge in [0.2, 0.25) is 11.6 Å². The first kappa shape index (κ1) is 13.8. The molecule has 0 aliphatic heterocycles. The standard InChI is InChI=1S/C9H20O5/c1-4-7(10)14-9(13,6-3)8(11,12)5-2/h7,10-13H,4-6H2,1-3H3. The fraction of sp³-hybridized carbons (Fsp3) is 1.00. The molecule has 2 unspecified atom stereocenters. The molecule has 0 bridgehead atoms. The molecule has 0 saturated carbocycles. The summed E-state index contributed by atoms with van der Waals surface area (Å²) in [7, 11) is 0. The molecule has 0 aromatic heterocycles. The second-order valence-corrected chi connectivity index (χ2v) is 3.29. The monoisotopic (exact) mass is 208 g/mol. The van der Waals surface area contributed by atoms with Crippen LogP contribution in [0.2, 0.25) is 0 Å². The zero-order chi connectivity index (χ0) is 11.4. The van der Waals surface area contributed by atoms with Crippen LogP contribution in [-0.2, 0) is 4.74 Å². The predicted molar refractivity (Wildman–Crippen MR) is 50.1 cm³/mol. The number of hydrogen-bond acceptors (Lipinski definition) is 5. The van der Waals surface area contributed by atoms with Crippen molar-refractivity contribution >= 4 is 0 Å². The SMILES string of the molecule is CCC(O)OC(O)(CC)C(O)(O)CC. The van der Waals surface area contributed by atoms with Gasteiger partial charge < -0.3 is 25.2 Å². The molecule has 14 heavy (non-hydrogen) atoms. The zero-order valence-corrected chi connectivity index (χ0v) is 8.90. The van der Waals surface area contributed by atoms with Crippen molar-refractivity contribution in [1.82, 2.24) is 0 Å². The van der Waals surface area contributed by atoms with E-state index in [0.29, 0.717) is 0 Å². The number of aliphatic hydroxyl groups is 4. The first-order chi connectivity index (χ1) is 6.33. The second-order valence-electron chi connectivity index (χ2n) is 3.29. The molecule has 4 N–H and O–H groups in total. The number of ether oxygens (including phenoxy) is 1. The highest BCUT2D eigenvalue weighted by atomic mass is 16.7. The molecule has 5 nitrogen and oxygen atoms in total. The Morgan fingerprint density at radius 1 is 1.07 bits per heavy atom. The van der Waals surface area contributed by atoms with E-state index in [1.165, 1.54) is 6.92 Å². The van der Waals surface area contributed by atoms with Gasteiger partial charge in [-0.05, 0) is 6.42 Å². The summed E-state index contributed by atoms with van der Waals surface area (Å²) in [4.78, 5) is 0. The lowest BCUT2D eigenvalue weighted by Gasteiger charge is -2.39. The Labute approximate surface area is 83.9 Å². The summed E-state index contributed by atoms with van der Waals surface area (Å²) in [6, 6.07) is 0. The van der Waals surface area contributed by atoms with Gasteiger partial charge in [0.15, 0.2) is 6.29 Å². The maximum Gasteiger partial charge on any atom is 0.222 e. The Morgan fingerprint density at radius 2 is 1.57 bits per heavy atom. The third-order valence-corrected chi connectivity index (χ3v) is 2.28. The zero-order valence-electron chi connectivity index (χ0n) is 8.90. The third-order valence-electron chi connectivity index (χ3n) is 2.28. The first-order valence-corrected chi connectivity index (χ1v) is 4.86. The van der Waals surface area contributed by atoms with Gasteiger partial charge in [-0.3, -0.25) is 0 Å². The molecule has 0 fully saturated rings. The summed E-state index contributed by atoms with van der Waals surface area (Å²) in [6.07, 6.45) is -1.05.